The number of hydrogen-bond acceptors (Lipinski definition) is 4. The van der Waals surface area contributed by atoms with Crippen molar-refractivity contribution in [2.75, 3.05) is 12.4 Å². The van der Waals surface area contributed by atoms with Crippen LogP contribution in [0.5, 0.6) is 0 Å². The van der Waals surface area contributed by atoms with Crippen molar-refractivity contribution in [1.29, 1.82) is 0 Å². The first-order chi connectivity index (χ1) is 8.49. The molecule has 0 aliphatic carbocycles. The van der Waals surface area contributed by atoms with Gasteiger partial charge in [0.25, 0.3) is 0 Å². The van der Waals surface area contributed by atoms with Gasteiger partial charge in [-0.25, -0.2) is 4.79 Å². The molecule has 0 aliphatic heterocycles. The molecular weight excluding hydrogens is 252 g/mol. The summed E-state index contributed by atoms with van der Waals surface area (Å²) in [7, 11) is 0. The maximum atomic E-state index is 10.8. The number of aromatic carboxylic acids is 1. The Labute approximate surface area is 111 Å². The SMILES string of the molecule is CC(C)OCC(O)CSc1cccc(C(=O)O)c1. The van der Waals surface area contributed by atoms with Crippen LogP contribution in [0.2, 0.25) is 0 Å². The van der Waals surface area contributed by atoms with E-state index < -0.39 is 12.1 Å². The molecule has 0 saturated heterocycles. The van der Waals surface area contributed by atoms with E-state index in [1.54, 1.807) is 18.2 Å². The minimum Gasteiger partial charge on any atom is -0.478 e. The van der Waals surface area contributed by atoms with Crippen molar-refractivity contribution in [1.82, 2.24) is 0 Å². The monoisotopic (exact) mass is 270 g/mol. The van der Waals surface area contributed by atoms with Crippen molar-refractivity contribution in [2.24, 2.45) is 0 Å². The van der Waals surface area contributed by atoms with Crippen LogP contribution in [0.25, 0.3) is 0 Å². The molecule has 100 valence electrons. The van der Waals surface area contributed by atoms with Gasteiger partial charge in [0.1, 0.15) is 0 Å². The van der Waals surface area contributed by atoms with Crippen molar-refractivity contribution in [3.05, 3.63) is 29.8 Å². The maximum absolute atomic E-state index is 10.8. The normalized spacial score (nSPS) is 12.7. The highest BCUT2D eigenvalue weighted by Gasteiger charge is 2.08. The van der Waals surface area contributed by atoms with Crippen LogP contribution >= 0.6 is 11.8 Å². The Morgan fingerprint density at radius 3 is 2.78 bits per heavy atom. The Balaban J connectivity index is 2.43. The molecule has 0 saturated carbocycles. The molecule has 5 heteroatoms. The van der Waals surface area contributed by atoms with Crippen LogP contribution in [0.1, 0.15) is 24.2 Å². The lowest BCUT2D eigenvalue weighted by molar-refractivity contribution is 0.0152. The molecule has 1 aromatic rings. The fourth-order valence-corrected chi connectivity index (χ4v) is 2.13. The van der Waals surface area contributed by atoms with Gasteiger partial charge in [-0.3, -0.25) is 0 Å². The molecule has 4 nitrogen and oxygen atoms in total. The van der Waals surface area contributed by atoms with Gasteiger partial charge in [-0.2, -0.15) is 0 Å². The van der Waals surface area contributed by atoms with Crippen LogP contribution in [0.3, 0.4) is 0 Å². The molecule has 1 unspecified atom stereocenters. The number of aliphatic hydroxyl groups is 1. The summed E-state index contributed by atoms with van der Waals surface area (Å²) in [4.78, 5) is 11.6. The highest BCUT2D eigenvalue weighted by Crippen LogP contribution is 2.20. The molecule has 0 amide bonds. The second-order valence-corrected chi connectivity index (χ2v) is 5.27. The van der Waals surface area contributed by atoms with Gasteiger partial charge in [0.15, 0.2) is 0 Å². The van der Waals surface area contributed by atoms with Gasteiger partial charge < -0.3 is 14.9 Å². The molecule has 1 rings (SSSR count). The molecular formula is C13H18O4S. The zero-order chi connectivity index (χ0) is 13.5. The Kier molecular flexibility index (Phi) is 6.18. The van der Waals surface area contributed by atoms with Gasteiger partial charge in [-0.1, -0.05) is 6.07 Å². The van der Waals surface area contributed by atoms with Gasteiger partial charge in [0, 0.05) is 10.6 Å². The fourth-order valence-electron chi connectivity index (χ4n) is 1.26. The Hall–Kier alpha value is -1.04. The predicted molar refractivity (Wildman–Crippen MR) is 71.2 cm³/mol. The third-order valence-corrected chi connectivity index (χ3v) is 3.28. The number of hydrogen-bond donors (Lipinski definition) is 2. The summed E-state index contributed by atoms with van der Waals surface area (Å²) in [5, 5.41) is 18.5. The topological polar surface area (TPSA) is 66.8 Å². The van der Waals surface area contributed by atoms with E-state index in [0.29, 0.717) is 12.4 Å². The number of carbonyl (C=O) groups is 1. The van der Waals surface area contributed by atoms with Gasteiger partial charge in [0.05, 0.1) is 24.4 Å². The first-order valence-electron chi connectivity index (χ1n) is 5.75. The second kappa shape index (κ2) is 7.41. The molecule has 1 aromatic carbocycles. The average Bonchev–Trinajstić information content (AvgIpc) is 2.34. The number of rotatable bonds is 7. The molecule has 0 aromatic heterocycles. The van der Waals surface area contributed by atoms with Crippen LogP contribution in [0.15, 0.2) is 29.2 Å². The lowest BCUT2D eigenvalue weighted by Crippen LogP contribution is -2.20. The maximum Gasteiger partial charge on any atom is 0.335 e. The first kappa shape index (κ1) is 15.0. The van der Waals surface area contributed by atoms with Crippen LogP contribution in [0.4, 0.5) is 0 Å². The molecule has 0 aliphatic rings. The standard InChI is InChI=1S/C13H18O4S/c1-9(2)17-7-11(14)8-18-12-5-3-4-10(6-12)13(15)16/h3-6,9,11,14H,7-8H2,1-2H3,(H,15,16). The van der Waals surface area contributed by atoms with E-state index in [2.05, 4.69) is 0 Å². The molecule has 1 atom stereocenters. The summed E-state index contributed by atoms with van der Waals surface area (Å²) in [6.07, 6.45) is -0.453. The minimum absolute atomic E-state index is 0.0972. The molecule has 2 N–H and O–H groups in total. The van der Waals surface area contributed by atoms with E-state index in [-0.39, 0.29) is 11.7 Å². The summed E-state index contributed by atoms with van der Waals surface area (Å²) in [6.45, 7) is 4.12. The largest absolute Gasteiger partial charge is 0.478 e. The lowest BCUT2D eigenvalue weighted by Gasteiger charge is -2.13. The summed E-state index contributed by atoms with van der Waals surface area (Å²) in [5.74, 6) is -0.461. The molecule has 0 spiro atoms. The van der Waals surface area contributed by atoms with E-state index in [1.807, 2.05) is 19.9 Å². The zero-order valence-electron chi connectivity index (χ0n) is 10.5. The van der Waals surface area contributed by atoms with Crippen molar-refractivity contribution in [2.45, 2.75) is 31.0 Å². The molecule has 0 fully saturated rings. The van der Waals surface area contributed by atoms with E-state index >= 15 is 0 Å². The van der Waals surface area contributed by atoms with Crippen molar-refractivity contribution in [3.63, 3.8) is 0 Å². The van der Waals surface area contributed by atoms with Crippen molar-refractivity contribution >= 4 is 17.7 Å². The summed E-state index contributed by atoms with van der Waals surface area (Å²) >= 11 is 1.42. The highest BCUT2D eigenvalue weighted by atomic mass is 32.2. The lowest BCUT2D eigenvalue weighted by atomic mass is 10.2. The average molecular weight is 270 g/mol. The van der Waals surface area contributed by atoms with E-state index in [4.69, 9.17) is 9.84 Å². The highest BCUT2D eigenvalue weighted by molar-refractivity contribution is 7.99. The number of thioether (sulfide) groups is 1. The summed E-state index contributed by atoms with van der Waals surface area (Å²) in [6, 6.07) is 6.67. The quantitative estimate of drug-likeness (QED) is 0.744. The Morgan fingerprint density at radius 1 is 1.44 bits per heavy atom. The number of ether oxygens (including phenoxy) is 1. The van der Waals surface area contributed by atoms with Crippen LogP contribution < -0.4 is 0 Å². The predicted octanol–water partition coefficient (Wildman–Crippen LogP) is 2.26. The molecule has 0 bridgehead atoms. The fraction of sp³-hybridized carbons (Fsp3) is 0.462. The van der Waals surface area contributed by atoms with E-state index in [9.17, 15) is 9.90 Å². The van der Waals surface area contributed by atoms with Crippen LogP contribution in [0, 0.1) is 0 Å². The summed E-state index contributed by atoms with van der Waals surface area (Å²) in [5.41, 5.74) is 0.257. The number of aliphatic hydroxyl groups excluding tert-OH is 1. The van der Waals surface area contributed by atoms with Gasteiger partial charge in [-0.05, 0) is 32.0 Å². The Morgan fingerprint density at radius 2 is 2.17 bits per heavy atom. The zero-order valence-corrected chi connectivity index (χ0v) is 11.3. The third kappa shape index (κ3) is 5.53. The second-order valence-electron chi connectivity index (χ2n) is 4.18. The van der Waals surface area contributed by atoms with Crippen molar-refractivity contribution < 1.29 is 19.7 Å². The number of carboxylic acids is 1. The van der Waals surface area contributed by atoms with Crippen LogP contribution in [-0.2, 0) is 4.74 Å². The Bertz CT molecular complexity index is 392. The summed E-state index contributed by atoms with van der Waals surface area (Å²) < 4.78 is 5.30. The number of carboxylic acid groups (broad SMARTS) is 1. The molecule has 18 heavy (non-hydrogen) atoms. The smallest absolute Gasteiger partial charge is 0.335 e. The number of benzene rings is 1. The first-order valence-corrected chi connectivity index (χ1v) is 6.73. The van der Waals surface area contributed by atoms with Crippen LogP contribution in [-0.4, -0.2) is 40.8 Å². The van der Waals surface area contributed by atoms with E-state index in [0.717, 1.165) is 4.90 Å². The molecule has 0 radical (unpaired) electrons. The minimum atomic E-state index is -0.943. The van der Waals surface area contributed by atoms with E-state index in [1.165, 1.54) is 11.8 Å². The molecule has 0 heterocycles. The van der Waals surface area contributed by atoms with Crippen molar-refractivity contribution in [3.8, 4) is 0 Å². The van der Waals surface area contributed by atoms with Gasteiger partial charge in [0.2, 0.25) is 0 Å². The van der Waals surface area contributed by atoms with Gasteiger partial charge in [-0.15, -0.1) is 11.8 Å². The van der Waals surface area contributed by atoms with Gasteiger partial charge >= 0.3 is 5.97 Å². The third-order valence-electron chi connectivity index (χ3n) is 2.15.